The smallest absolute Gasteiger partial charge is 0.144 e. The van der Waals surface area contributed by atoms with Gasteiger partial charge in [0.2, 0.25) is 0 Å². The average molecular weight is 168 g/mol. The molecule has 11 heavy (non-hydrogen) atoms. The summed E-state index contributed by atoms with van der Waals surface area (Å²) in [4.78, 5) is 7.95. The van der Waals surface area contributed by atoms with E-state index in [4.69, 9.17) is 11.6 Å². The van der Waals surface area contributed by atoms with Crippen LogP contribution in [0.4, 0.5) is 0 Å². The molecule has 0 bridgehead atoms. The largest absolute Gasteiger partial charge is 0.334 e. The van der Waals surface area contributed by atoms with Gasteiger partial charge in [-0.15, -0.1) is 0 Å². The first-order valence-corrected chi connectivity index (χ1v) is 3.57. The predicted octanol–water partition coefficient (Wildman–Crippen LogP) is 1.62. The van der Waals surface area contributed by atoms with Gasteiger partial charge < -0.3 is 4.57 Å². The van der Waals surface area contributed by atoms with Crippen LogP contribution in [0.5, 0.6) is 0 Å². The van der Waals surface area contributed by atoms with Crippen molar-refractivity contribution in [2.75, 3.05) is 0 Å². The Morgan fingerprint density at radius 2 is 2.36 bits per heavy atom. The fraction of sp³-hybridized carbons (Fsp3) is 0.143. The molecule has 0 aromatic carbocycles. The molecule has 2 rings (SSSR count). The summed E-state index contributed by atoms with van der Waals surface area (Å²) < 4.78 is 1.87. The molecule has 2 aromatic rings. The first-order chi connectivity index (χ1) is 5.29. The highest BCUT2D eigenvalue weighted by molar-refractivity contribution is 6.35. The SMILES string of the molecule is Cn1cc(Cl)c2cncnc21. The van der Waals surface area contributed by atoms with E-state index >= 15 is 0 Å². The summed E-state index contributed by atoms with van der Waals surface area (Å²) in [5.41, 5.74) is 0.866. The second kappa shape index (κ2) is 2.20. The molecule has 3 nitrogen and oxygen atoms in total. The number of fused-ring (bicyclic) bond motifs is 1. The fourth-order valence-corrected chi connectivity index (χ4v) is 1.35. The molecule has 0 aliphatic carbocycles. The minimum atomic E-state index is 0.697. The van der Waals surface area contributed by atoms with E-state index in [0.29, 0.717) is 5.02 Å². The lowest BCUT2D eigenvalue weighted by molar-refractivity contribution is 0.943. The summed E-state index contributed by atoms with van der Waals surface area (Å²) in [7, 11) is 1.90. The highest BCUT2D eigenvalue weighted by atomic mass is 35.5. The Morgan fingerprint density at radius 1 is 1.55 bits per heavy atom. The third-order valence-electron chi connectivity index (χ3n) is 1.59. The molecule has 0 amide bonds. The number of aryl methyl sites for hydroxylation is 1. The maximum atomic E-state index is 5.88. The van der Waals surface area contributed by atoms with Gasteiger partial charge in [-0.3, -0.25) is 0 Å². The van der Waals surface area contributed by atoms with E-state index in [1.807, 2.05) is 17.8 Å². The van der Waals surface area contributed by atoms with Crippen LogP contribution in [-0.2, 0) is 7.05 Å². The highest BCUT2D eigenvalue weighted by Gasteiger charge is 2.03. The van der Waals surface area contributed by atoms with Crippen molar-refractivity contribution < 1.29 is 0 Å². The molecular weight excluding hydrogens is 162 g/mol. The zero-order valence-corrected chi connectivity index (χ0v) is 6.71. The van der Waals surface area contributed by atoms with Crippen LogP contribution in [0.1, 0.15) is 0 Å². The Balaban J connectivity index is 2.95. The fourth-order valence-electron chi connectivity index (χ4n) is 1.07. The van der Waals surface area contributed by atoms with Gasteiger partial charge in [-0.05, 0) is 0 Å². The Hall–Kier alpha value is -1.09. The summed E-state index contributed by atoms with van der Waals surface area (Å²) in [6, 6.07) is 0. The van der Waals surface area contributed by atoms with E-state index in [9.17, 15) is 0 Å². The lowest BCUT2D eigenvalue weighted by Gasteiger charge is -1.90. The molecule has 0 N–H and O–H groups in total. The van der Waals surface area contributed by atoms with Crippen molar-refractivity contribution in [1.82, 2.24) is 14.5 Å². The number of hydrogen-bond donors (Lipinski definition) is 0. The van der Waals surface area contributed by atoms with Crippen LogP contribution in [0, 0.1) is 0 Å². The first-order valence-electron chi connectivity index (χ1n) is 3.19. The summed E-state index contributed by atoms with van der Waals surface area (Å²) >= 11 is 5.88. The molecule has 0 aliphatic rings. The number of hydrogen-bond acceptors (Lipinski definition) is 2. The van der Waals surface area contributed by atoms with E-state index in [1.54, 1.807) is 6.20 Å². The van der Waals surface area contributed by atoms with E-state index in [2.05, 4.69) is 9.97 Å². The maximum Gasteiger partial charge on any atom is 0.144 e. The molecule has 0 radical (unpaired) electrons. The molecule has 4 heteroatoms. The van der Waals surface area contributed by atoms with E-state index in [0.717, 1.165) is 11.0 Å². The molecule has 0 aliphatic heterocycles. The van der Waals surface area contributed by atoms with Crippen molar-refractivity contribution in [3.05, 3.63) is 23.7 Å². The second-order valence-corrected chi connectivity index (χ2v) is 2.76. The topological polar surface area (TPSA) is 30.7 Å². The zero-order chi connectivity index (χ0) is 7.84. The van der Waals surface area contributed by atoms with Crippen molar-refractivity contribution in [3.8, 4) is 0 Å². The minimum Gasteiger partial charge on any atom is -0.334 e. The van der Waals surface area contributed by atoms with Crippen molar-refractivity contribution >= 4 is 22.6 Å². The molecule has 2 heterocycles. The van der Waals surface area contributed by atoms with E-state index < -0.39 is 0 Å². The van der Waals surface area contributed by atoms with E-state index in [1.165, 1.54) is 6.33 Å². The van der Waals surface area contributed by atoms with Crippen molar-refractivity contribution in [1.29, 1.82) is 0 Å². The molecule has 0 unspecified atom stereocenters. The summed E-state index contributed by atoms with van der Waals surface area (Å²) in [6.45, 7) is 0. The summed E-state index contributed by atoms with van der Waals surface area (Å²) in [6.07, 6.45) is 5.05. The van der Waals surface area contributed by atoms with Crippen LogP contribution in [-0.4, -0.2) is 14.5 Å². The van der Waals surface area contributed by atoms with Crippen molar-refractivity contribution in [2.45, 2.75) is 0 Å². The number of rotatable bonds is 0. The highest BCUT2D eigenvalue weighted by Crippen LogP contribution is 2.21. The normalized spacial score (nSPS) is 10.7. The van der Waals surface area contributed by atoms with Gasteiger partial charge >= 0.3 is 0 Å². The van der Waals surface area contributed by atoms with Crippen LogP contribution in [0.3, 0.4) is 0 Å². The third-order valence-corrected chi connectivity index (χ3v) is 1.89. The molecule has 0 fully saturated rings. The average Bonchev–Trinajstić information content (AvgIpc) is 2.30. The molecule has 0 saturated carbocycles. The standard InChI is InChI=1S/C7H6ClN3/c1-11-3-6(8)5-2-9-4-10-7(5)11/h2-4H,1H3. The second-order valence-electron chi connectivity index (χ2n) is 2.35. The lowest BCUT2D eigenvalue weighted by Crippen LogP contribution is -1.86. The third kappa shape index (κ3) is 0.886. The molecule has 0 spiro atoms. The quantitative estimate of drug-likeness (QED) is 0.597. The van der Waals surface area contributed by atoms with Gasteiger partial charge in [0.15, 0.2) is 0 Å². The van der Waals surface area contributed by atoms with Gasteiger partial charge in [0.05, 0.1) is 10.4 Å². The number of aromatic nitrogens is 3. The van der Waals surface area contributed by atoms with Crippen LogP contribution in [0.15, 0.2) is 18.7 Å². The van der Waals surface area contributed by atoms with E-state index in [-0.39, 0.29) is 0 Å². The molecule has 0 atom stereocenters. The van der Waals surface area contributed by atoms with Crippen LogP contribution in [0.25, 0.3) is 11.0 Å². The Morgan fingerprint density at radius 3 is 3.09 bits per heavy atom. The van der Waals surface area contributed by atoms with Gasteiger partial charge in [-0.25, -0.2) is 9.97 Å². The molecule has 2 aromatic heterocycles. The Bertz CT molecular complexity index is 357. The minimum absolute atomic E-state index is 0.697. The Labute approximate surface area is 68.6 Å². The summed E-state index contributed by atoms with van der Waals surface area (Å²) in [5, 5.41) is 1.60. The Kier molecular flexibility index (Phi) is 1.32. The molecular formula is C7H6ClN3. The molecule has 56 valence electrons. The van der Waals surface area contributed by atoms with Gasteiger partial charge in [-0.1, -0.05) is 11.6 Å². The maximum absolute atomic E-state index is 5.88. The molecule has 0 saturated heterocycles. The number of halogens is 1. The van der Waals surface area contributed by atoms with Crippen LogP contribution in [0.2, 0.25) is 5.02 Å². The van der Waals surface area contributed by atoms with Crippen LogP contribution < -0.4 is 0 Å². The van der Waals surface area contributed by atoms with Gasteiger partial charge in [0, 0.05) is 19.4 Å². The van der Waals surface area contributed by atoms with Crippen LogP contribution >= 0.6 is 11.6 Å². The zero-order valence-electron chi connectivity index (χ0n) is 5.95. The van der Waals surface area contributed by atoms with Gasteiger partial charge in [0.1, 0.15) is 12.0 Å². The van der Waals surface area contributed by atoms with Crippen molar-refractivity contribution in [3.63, 3.8) is 0 Å². The van der Waals surface area contributed by atoms with Gasteiger partial charge in [0.25, 0.3) is 0 Å². The first kappa shape index (κ1) is 6.61. The predicted molar refractivity (Wildman–Crippen MR) is 43.5 cm³/mol. The lowest BCUT2D eigenvalue weighted by atomic mass is 10.4. The summed E-state index contributed by atoms with van der Waals surface area (Å²) in [5.74, 6) is 0. The van der Waals surface area contributed by atoms with Crippen molar-refractivity contribution in [2.24, 2.45) is 7.05 Å². The number of nitrogens with zero attached hydrogens (tertiary/aromatic N) is 3. The monoisotopic (exact) mass is 167 g/mol. The van der Waals surface area contributed by atoms with Gasteiger partial charge in [-0.2, -0.15) is 0 Å².